The molecule has 2 rings (SSSR count). The summed E-state index contributed by atoms with van der Waals surface area (Å²) in [5.41, 5.74) is 8.41. The fourth-order valence-corrected chi connectivity index (χ4v) is 2.55. The Morgan fingerprint density at radius 3 is 2.30 bits per heavy atom. The van der Waals surface area contributed by atoms with E-state index in [1.165, 1.54) is 12.1 Å². The molecule has 1 unspecified atom stereocenters. The van der Waals surface area contributed by atoms with E-state index >= 15 is 0 Å². The average molecular weight is 314 g/mol. The first-order valence-corrected chi connectivity index (χ1v) is 7.61. The highest BCUT2D eigenvalue weighted by Gasteiger charge is 2.28. The molecule has 0 saturated heterocycles. The van der Waals surface area contributed by atoms with Crippen LogP contribution in [0, 0.1) is 18.2 Å². The van der Waals surface area contributed by atoms with E-state index in [-0.39, 0.29) is 23.2 Å². The zero-order valence-corrected chi connectivity index (χ0v) is 14.0. The first-order chi connectivity index (χ1) is 10.7. The maximum atomic E-state index is 13.2. The highest BCUT2D eigenvalue weighted by Crippen LogP contribution is 2.33. The van der Waals surface area contributed by atoms with Crippen molar-refractivity contribution in [3.63, 3.8) is 0 Å². The van der Waals surface area contributed by atoms with Gasteiger partial charge < -0.3 is 11.1 Å². The number of carbonyl (C=O) groups excluding carboxylic acids is 1. The average Bonchev–Trinajstić information content (AvgIpc) is 2.47. The molecule has 0 bridgehead atoms. The molecule has 4 heteroatoms. The summed E-state index contributed by atoms with van der Waals surface area (Å²) >= 11 is 0. The van der Waals surface area contributed by atoms with Gasteiger partial charge >= 0.3 is 0 Å². The van der Waals surface area contributed by atoms with Crippen molar-refractivity contribution in [3.05, 3.63) is 65.0 Å². The van der Waals surface area contributed by atoms with Crippen molar-refractivity contribution >= 4 is 11.6 Å². The lowest BCUT2D eigenvalue weighted by Gasteiger charge is -2.32. The Morgan fingerprint density at radius 2 is 1.74 bits per heavy atom. The molecular formula is C19H23FN2O. The SMILES string of the molecule is Cc1ccc(N)cc1C(=O)NC(c1ccc(F)cc1)C(C)(C)C. The smallest absolute Gasteiger partial charge is 0.252 e. The number of hydrogen-bond acceptors (Lipinski definition) is 2. The van der Waals surface area contributed by atoms with Crippen molar-refractivity contribution in [2.24, 2.45) is 5.41 Å². The number of nitrogen functional groups attached to an aromatic ring is 1. The molecule has 0 heterocycles. The van der Waals surface area contributed by atoms with Crippen LogP contribution in [-0.4, -0.2) is 5.91 Å². The van der Waals surface area contributed by atoms with Crippen molar-refractivity contribution in [2.75, 3.05) is 5.73 Å². The van der Waals surface area contributed by atoms with Gasteiger partial charge in [-0.2, -0.15) is 0 Å². The van der Waals surface area contributed by atoms with E-state index < -0.39 is 0 Å². The van der Waals surface area contributed by atoms with E-state index in [0.29, 0.717) is 11.3 Å². The lowest BCUT2D eigenvalue weighted by molar-refractivity contribution is 0.0901. The molecule has 2 aromatic carbocycles. The van der Waals surface area contributed by atoms with Crippen LogP contribution in [0.3, 0.4) is 0 Å². The van der Waals surface area contributed by atoms with Crippen LogP contribution in [0.15, 0.2) is 42.5 Å². The minimum Gasteiger partial charge on any atom is -0.399 e. The Labute approximate surface area is 136 Å². The van der Waals surface area contributed by atoms with E-state index in [1.54, 1.807) is 24.3 Å². The van der Waals surface area contributed by atoms with Crippen molar-refractivity contribution in [1.29, 1.82) is 0 Å². The Hall–Kier alpha value is -2.36. The second-order valence-electron chi connectivity index (χ2n) is 6.90. The summed E-state index contributed by atoms with van der Waals surface area (Å²) in [5.74, 6) is -0.474. The summed E-state index contributed by atoms with van der Waals surface area (Å²) in [5, 5.41) is 3.06. The highest BCUT2D eigenvalue weighted by atomic mass is 19.1. The van der Waals surface area contributed by atoms with E-state index in [0.717, 1.165) is 11.1 Å². The maximum absolute atomic E-state index is 13.2. The minimum atomic E-state index is -0.292. The summed E-state index contributed by atoms with van der Waals surface area (Å²) in [6.07, 6.45) is 0. The fourth-order valence-electron chi connectivity index (χ4n) is 2.55. The van der Waals surface area contributed by atoms with E-state index in [4.69, 9.17) is 5.73 Å². The third-order valence-electron chi connectivity index (χ3n) is 3.85. The van der Waals surface area contributed by atoms with Gasteiger partial charge in [0.25, 0.3) is 5.91 Å². The molecule has 0 aliphatic rings. The van der Waals surface area contributed by atoms with Gasteiger partial charge in [-0.1, -0.05) is 39.0 Å². The van der Waals surface area contributed by atoms with Gasteiger partial charge in [0.05, 0.1) is 6.04 Å². The number of nitrogens with one attached hydrogen (secondary N) is 1. The predicted octanol–water partition coefficient (Wildman–Crippen LogP) is 4.23. The summed E-state index contributed by atoms with van der Waals surface area (Å²) in [4.78, 5) is 12.7. The molecule has 0 aliphatic heterocycles. The number of halogens is 1. The Morgan fingerprint density at radius 1 is 1.13 bits per heavy atom. The third kappa shape index (κ3) is 4.09. The van der Waals surface area contributed by atoms with Crippen molar-refractivity contribution < 1.29 is 9.18 Å². The highest BCUT2D eigenvalue weighted by molar-refractivity contribution is 5.96. The molecule has 0 fully saturated rings. The topological polar surface area (TPSA) is 55.1 Å². The van der Waals surface area contributed by atoms with Gasteiger partial charge in [0, 0.05) is 11.3 Å². The monoisotopic (exact) mass is 314 g/mol. The molecule has 0 saturated carbocycles. The first kappa shape index (κ1) is 17.0. The summed E-state index contributed by atoms with van der Waals surface area (Å²) in [6.45, 7) is 7.98. The van der Waals surface area contributed by atoms with E-state index in [1.807, 2.05) is 33.8 Å². The summed E-state index contributed by atoms with van der Waals surface area (Å²) < 4.78 is 13.2. The molecular weight excluding hydrogens is 291 g/mol. The molecule has 0 spiro atoms. The third-order valence-corrected chi connectivity index (χ3v) is 3.85. The number of benzene rings is 2. The molecule has 0 aliphatic carbocycles. The van der Waals surface area contributed by atoms with Crippen molar-refractivity contribution in [2.45, 2.75) is 33.7 Å². The number of hydrogen-bond donors (Lipinski definition) is 2. The number of nitrogens with two attached hydrogens (primary N) is 1. The number of aryl methyl sites for hydroxylation is 1. The van der Waals surface area contributed by atoms with Crippen LogP contribution in [0.4, 0.5) is 10.1 Å². The summed E-state index contributed by atoms with van der Waals surface area (Å²) in [7, 11) is 0. The molecule has 2 aromatic rings. The van der Waals surface area contributed by atoms with Gasteiger partial charge in [0.2, 0.25) is 0 Å². The predicted molar refractivity (Wildman–Crippen MR) is 91.7 cm³/mol. The zero-order valence-electron chi connectivity index (χ0n) is 14.0. The minimum absolute atomic E-state index is 0.181. The van der Waals surface area contributed by atoms with Crippen LogP contribution in [-0.2, 0) is 0 Å². The normalized spacial score (nSPS) is 12.7. The van der Waals surface area contributed by atoms with Crippen LogP contribution in [0.2, 0.25) is 0 Å². The Balaban J connectivity index is 2.33. The largest absolute Gasteiger partial charge is 0.399 e. The van der Waals surface area contributed by atoms with E-state index in [2.05, 4.69) is 5.32 Å². The molecule has 3 N–H and O–H groups in total. The Kier molecular flexibility index (Phi) is 4.73. The lowest BCUT2D eigenvalue weighted by Crippen LogP contribution is -2.37. The number of rotatable bonds is 3. The first-order valence-electron chi connectivity index (χ1n) is 7.61. The van der Waals surface area contributed by atoms with Gasteiger partial charge in [0.1, 0.15) is 5.82 Å². The number of carbonyl (C=O) groups is 1. The van der Waals surface area contributed by atoms with Crippen LogP contribution in [0.1, 0.15) is 48.3 Å². The van der Waals surface area contributed by atoms with Crippen LogP contribution in [0.5, 0.6) is 0 Å². The van der Waals surface area contributed by atoms with E-state index in [9.17, 15) is 9.18 Å². The van der Waals surface area contributed by atoms with Crippen LogP contribution in [0.25, 0.3) is 0 Å². The standard InChI is InChI=1S/C19H23FN2O/c1-12-5-10-15(21)11-16(12)18(23)22-17(19(2,3)4)13-6-8-14(20)9-7-13/h5-11,17H,21H2,1-4H3,(H,22,23). The molecule has 0 radical (unpaired) electrons. The number of anilines is 1. The van der Waals surface area contributed by atoms with Gasteiger partial charge in [-0.15, -0.1) is 0 Å². The van der Waals surface area contributed by atoms with Crippen LogP contribution < -0.4 is 11.1 Å². The molecule has 1 atom stereocenters. The quantitative estimate of drug-likeness (QED) is 0.833. The molecule has 23 heavy (non-hydrogen) atoms. The second kappa shape index (κ2) is 6.41. The molecule has 122 valence electrons. The fraction of sp³-hybridized carbons (Fsp3) is 0.316. The van der Waals surface area contributed by atoms with Gasteiger partial charge in [-0.05, 0) is 47.7 Å². The van der Waals surface area contributed by atoms with Gasteiger partial charge in [-0.3, -0.25) is 4.79 Å². The van der Waals surface area contributed by atoms with Crippen molar-refractivity contribution in [3.8, 4) is 0 Å². The number of amides is 1. The molecule has 3 nitrogen and oxygen atoms in total. The second-order valence-corrected chi connectivity index (χ2v) is 6.90. The van der Waals surface area contributed by atoms with Crippen LogP contribution >= 0.6 is 0 Å². The summed E-state index contributed by atoms with van der Waals surface area (Å²) in [6, 6.07) is 11.3. The van der Waals surface area contributed by atoms with Gasteiger partial charge in [0.15, 0.2) is 0 Å². The Bertz CT molecular complexity index is 702. The molecule has 0 aromatic heterocycles. The van der Waals surface area contributed by atoms with Gasteiger partial charge in [-0.25, -0.2) is 4.39 Å². The van der Waals surface area contributed by atoms with Crippen molar-refractivity contribution in [1.82, 2.24) is 5.32 Å². The zero-order chi connectivity index (χ0) is 17.2. The maximum Gasteiger partial charge on any atom is 0.252 e. The molecule has 1 amide bonds. The lowest BCUT2D eigenvalue weighted by atomic mass is 9.82.